The van der Waals surface area contributed by atoms with Gasteiger partial charge in [-0.1, -0.05) is 57.6 Å². The fourth-order valence-corrected chi connectivity index (χ4v) is 9.41. The highest BCUT2D eigenvalue weighted by Crippen LogP contribution is 2.64. The van der Waals surface area contributed by atoms with Gasteiger partial charge in [0, 0.05) is 26.2 Å². The molecule has 164 valence electrons. The summed E-state index contributed by atoms with van der Waals surface area (Å²) in [5.74, 6) is 2.14. The second-order valence-corrected chi connectivity index (χ2v) is 12.1. The van der Waals surface area contributed by atoms with Crippen LogP contribution in [0.4, 0.5) is 5.69 Å². The quantitative estimate of drug-likeness (QED) is 0.456. The highest BCUT2D eigenvalue weighted by Gasteiger charge is 2.55. The minimum absolute atomic E-state index is 0.0276. The summed E-state index contributed by atoms with van der Waals surface area (Å²) >= 11 is 6.78. The van der Waals surface area contributed by atoms with Crippen molar-refractivity contribution in [3.05, 3.63) is 79.2 Å². The van der Waals surface area contributed by atoms with E-state index in [1.165, 1.54) is 36.2 Å². The number of hydrogen-bond acceptors (Lipinski definition) is 4. The van der Waals surface area contributed by atoms with E-state index in [4.69, 9.17) is 0 Å². The van der Waals surface area contributed by atoms with E-state index in [1.54, 1.807) is 4.57 Å². The van der Waals surface area contributed by atoms with Gasteiger partial charge in [0.25, 0.3) is 0 Å². The average molecular weight is 528 g/mol. The third-order valence-electron chi connectivity index (χ3n) is 7.28. The fourth-order valence-electron chi connectivity index (χ4n) is 6.00. The van der Waals surface area contributed by atoms with Crippen molar-refractivity contribution in [2.45, 2.75) is 42.0 Å². The lowest BCUT2D eigenvalue weighted by molar-refractivity contribution is -0.116. The van der Waals surface area contributed by atoms with Gasteiger partial charge in [0.2, 0.25) is 5.91 Å². The highest BCUT2D eigenvalue weighted by atomic mass is 79.9. The number of nitrogens with one attached hydrogen (secondary N) is 1. The minimum atomic E-state index is -0.158. The molecule has 2 aromatic carbocycles. The molecule has 0 spiro atoms. The second kappa shape index (κ2) is 8.19. The zero-order chi connectivity index (χ0) is 21.8. The fraction of sp³-hybridized carbons (Fsp3) is 0.360. The van der Waals surface area contributed by atoms with Crippen LogP contribution in [0.15, 0.2) is 68.9 Å². The van der Waals surface area contributed by atoms with Gasteiger partial charge in [-0.3, -0.25) is 14.2 Å². The molecular weight excluding hydrogens is 504 g/mol. The predicted octanol–water partition coefficient (Wildman–Crippen LogP) is 5.96. The number of fused-ring (bicyclic) bond motifs is 6. The first-order valence-corrected chi connectivity index (χ1v) is 13.6. The van der Waals surface area contributed by atoms with Gasteiger partial charge in [0.1, 0.15) is 6.54 Å². The predicted molar refractivity (Wildman–Crippen MR) is 134 cm³/mol. The van der Waals surface area contributed by atoms with E-state index < -0.39 is 0 Å². The highest BCUT2D eigenvalue weighted by molar-refractivity contribution is 9.10. The number of anilines is 1. The van der Waals surface area contributed by atoms with Crippen molar-refractivity contribution >= 4 is 50.6 Å². The van der Waals surface area contributed by atoms with Gasteiger partial charge in [0.05, 0.1) is 5.03 Å². The van der Waals surface area contributed by atoms with Crippen LogP contribution < -0.4 is 10.2 Å². The monoisotopic (exact) mass is 526 g/mol. The van der Waals surface area contributed by atoms with Gasteiger partial charge in [-0.25, -0.2) is 0 Å². The normalized spacial score (nSPS) is 27.7. The Kier molecular flexibility index (Phi) is 5.31. The summed E-state index contributed by atoms with van der Waals surface area (Å²) in [4.78, 5) is 27.0. The summed E-state index contributed by atoms with van der Waals surface area (Å²) in [5, 5.41) is 4.48. The van der Waals surface area contributed by atoms with E-state index in [2.05, 4.69) is 45.5 Å². The van der Waals surface area contributed by atoms with Gasteiger partial charge >= 0.3 is 4.87 Å². The Hall–Kier alpha value is -1.83. The molecule has 3 aromatic rings. The molecule has 0 unspecified atom stereocenters. The lowest BCUT2D eigenvalue weighted by Crippen LogP contribution is -2.34. The van der Waals surface area contributed by atoms with Crippen LogP contribution in [0.5, 0.6) is 0 Å². The lowest BCUT2D eigenvalue weighted by atomic mass is 9.75. The van der Waals surface area contributed by atoms with Crippen LogP contribution in [0.1, 0.15) is 35.6 Å². The number of benzene rings is 2. The molecule has 1 aliphatic heterocycles. The van der Waals surface area contributed by atoms with E-state index in [1.807, 2.05) is 42.1 Å². The van der Waals surface area contributed by atoms with Gasteiger partial charge < -0.3 is 5.32 Å². The Morgan fingerprint density at radius 1 is 1.06 bits per heavy atom. The number of para-hydroxylation sites is 1. The van der Waals surface area contributed by atoms with E-state index in [0.29, 0.717) is 11.2 Å². The first-order chi connectivity index (χ1) is 15.6. The summed E-state index contributed by atoms with van der Waals surface area (Å²) < 4.78 is 2.79. The molecule has 2 fully saturated rings. The Labute approximate surface area is 203 Å². The van der Waals surface area contributed by atoms with Crippen LogP contribution in [0, 0.1) is 17.8 Å². The van der Waals surface area contributed by atoms with E-state index >= 15 is 0 Å². The van der Waals surface area contributed by atoms with Crippen LogP contribution in [-0.4, -0.2) is 15.7 Å². The minimum Gasteiger partial charge on any atom is -0.325 e. The number of carbonyl (C=O) groups excluding carboxylic acids is 1. The summed E-state index contributed by atoms with van der Waals surface area (Å²) in [6, 6.07) is 18.0. The maximum Gasteiger partial charge on any atom is 0.308 e. The molecule has 2 bridgehead atoms. The van der Waals surface area contributed by atoms with Gasteiger partial charge in [-0.05, 0) is 66.8 Å². The summed E-state index contributed by atoms with van der Waals surface area (Å²) in [6.07, 6.45) is 3.91. The Morgan fingerprint density at radius 3 is 2.59 bits per heavy atom. The molecule has 2 heterocycles. The molecule has 0 radical (unpaired) electrons. The van der Waals surface area contributed by atoms with Crippen molar-refractivity contribution in [3.8, 4) is 0 Å². The molecule has 4 nitrogen and oxygen atoms in total. The van der Waals surface area contributed by atoms with Crippen LogP contribution in [-0.2, 0) is 11.3 Å². The Balaban J connectivity index is 1.38. The van der Waals surface area contributed by atoms with Crippen molar-refractivity contribution in [3.63, 3.8) is 0 Å². The van der Waals surface area contributed by atoms with Gasteiger partial charge in [-0.15, -0.1) is 11.8 Å². The standard InChI is InChI=1S/C25H23BrN2O2S2/c26-17-10-8-14(9-11-17)20-21-15-6-7-16(12-15)22(21)31-24-23(20)32-25(30)28(24)13-19(29)27-18-4-2-1-3-5-18/h1-5,8-11,15-16,20-22H,6-7,12-13H2,(H,27,29)/t15-,16-,20-,21-,22+/m0/s1. The van der Waals surface area contributed by atoms with Crippen LogP contribution in [0.2, 0.25) is 0 Å². The van der Waals surface area contributed by atoms with Gasteiger partial charge in [0.15, 0.2) is 0 Å². The summed E-state index contributed by atoms with van der Waals surface area (Å²) in [5.41, 5.74) is 2.04. The van der Waals surface area contributed by atoms with E-state index in [9.17, 15) is 9.59 Å². The summed E-state index contributed by atoms with van der Waals surface area (Å²) in [6.45, 7) is 0.0606. The molecular formula is C25H23BrN2O2S2. The number of nitrogens with zero attached hydrogens (tertiary/aromatic N) is 1. The number of aromatic nitrogens is 1. The first-order valence-electron chi connectivity index (χ1n) is 11.1. The van der Waals surface area contributed by atoms with Crippen molar-refractivity contribution in [2.75, 3.05) is 5.32 Å². The van der Waals surface area contributed by atoms with Crippen molar-refractivity contribution in [1.29, 1.82) is 0 Å². The molecule has 1 amide bonds. The summed E-state index contributed by atoms with van der Waals surface area (Å²) in [7, 11) is 0. The van der Waals surface area contributed by atoms with Crippen LogP contribution in [0.25, 0.3) is 0 Å². The third kappa shape index (κ3) is 3.49. The van der Waals surface area contributed by atoms with Crippen LogP contribution in [0.3, 0.4) is 0 Å². The molecule has 5 atom stereocenters. The largest absolute Gasteiger partial charge is 0.325 e. The van der Waals surface area contributed by atoms with E-state index in [-0.39, 0.29) is 23.2 Å². The van der Waals surface area contributed by atoms with E-state index in [0.717, 1.165) is 31.9 Å². The SMILES string of the molecule is O=C(Cn1c2c(sc1=O)[C@@H](c1ccc(Br)cc1)[C@@H]1[C@H]3CC[C@@H](C3)[C@H]1S2)Nc1ccccc1. The van der Waals surface area contributed by atoms with Crippen molar-refractivity contribution in [1.82, 2.24) is 4.57 Å². The molecule has 3 aliphatic rings. The van der Waals surface area contributed by atoms with Crippen molar-refractivity contribution < 1.29 is 4.79 Å². The maximum absolute atomic E-state index is 13.1. The number of carbonyl (C=O) groups is 1. The zero-order valence-corrected chi connectivity index (χ0v) is 20.6. The number of halogens is 1. The molecule has 1 aromatic heterocycles. The third-order valence-corrected chi connectivity index (χ3v) is 10.6. The average Bonchev–Trinajstić information content (AvgIpc) is 3.48. The smallest absolute Gasteiger partial charge is 0.308 e. The number of thioether (sulfide) groups is 1. The number of thiazole rings is 1. The molecule has 1 N–H and O–H groups in total. The molecule has 32 heavy (non-hydrogen) atoms. The molecule has 2 aliphatic carbocycles. The zero-order valence-electron chi connectivity index (χ0n) is 17.4. The first kappa shape index (κ1) is 20.8. The number of rotatable bonds is 4. The Morgan fingerprint density at radius 2 is 1.81 bits per heavy atom. The molecule has 2 saturated carbocycles. The molecule has 6 rings (SSSR count). The second-order valence-electron chi connectivity index (χ2n) is 9.06. The number of amides is 1. The van der Waals surface area contributed by atoms with Crippen LogP contribution >= 0.6 is 39.0 Å². The number of hydrogen-bond donors (Lipinski definition) is 1. The van der Waals surface area contributed by atoms with Crippen molar-refractivity contribution in [2.24, 2.45) is 17.8 Å². The lowest BCUT2D eigenvalue weighted by Gasteiger charge is -2.40. The van der Waals surface area contributed by atoms with Gasteiger partial charge in [-0.2, -0.15) is 0 Å². The maximum atomic E-state index is 13.1. The molecule has 7 heteroatoms. The molecule has 0 saturated heterocycles. The Bertz CT molecular complexity index is 1220. The topological polar surface area (TPSA) is 51.1 Å².